The molecule has 20 heavy (non-hydrogen) atoms. The van der Waals surface area contributed by atoms with E-state index in [-0.39, 0.29) is 5.78 Å². The average molecular weight is 295 g/mol. The molecule has 0 radical (unpaired) electrons. The molecule has 1 aromatic carbocycles. The minimum atomic E-state index is -0.444. The summed E-state index contributed by atoms with van der Waals surface area (Å²) in [4.78, 5) is 12.2. The maximum Gasteiger partial charge on any atom is 0.176 e. The van der Waals surface area contributed by atoms with E-state index in [4.69, 9.17) is 21.1 Å². The molecule has 1 aliphatic carbocycles. The van der Waals surface area contributed by atoms with Crippen molar-refractivity contribution in [1.29, 1.82) is 0 Å². The third kappa shape index (κ3) is 3.62. The predicted molar refractivity (Wildman–Crippen MR) is 80.2 cm³/mol. The highest BCUT2D eigenvalue weighted by Crippen LogP contribution is 2.31. The Morgan fingerprint density at radius 2 is 2.20 bits per heavy atom. The van der Waals surface area contributed by atoms with Crippen molar-refractivity contribution >= 4 is 23.5 Å². The molecule has 0 N–H and O–H groups in total. The number of ether oxygens (including phenoxy) is 2. The lowest BCUT2D eigenvalue weighted by atomic mass is 9.84. The molecule has 2 rings (SSSR count). The van der Waals surface area contributed by atoms with Gasteiger partial charge in [-0.1, -0.05) is 12.1 Å². The minimum absolute atomic E-state index is 0.0295. The van der Waals surface area contributed by atoms with Gasteiger partial charge in [0, 0.05) is 13.7 Å². The SMILES string of the molecule is COCC1CC(=Cc2cccc(OC)c2)C(=O)C(Cl)C1. The molecule has 2 unspecified atom stereocenters. The Bertz CT molecular complexity index is 510. The van der Waals surface area contributed by atoms with E-state index in [1.807, 2.05) is 30.3 Å². The summed E-state index contributed by atoms with van der Waals surface area (Å²) < 4.78 is 10.4. The van der Waals surface area contributed by atoms with Gasteiger partial charge in [0.15, 0.2) is 5.78 Å². The molecule has 1 saturated carbocycles. The fourth-order valence-corrected chi connectivity index (χ4v) is 2.91. The third-order valence-corrected chi connectivity index (χ3v) is 3.86. The summed E-state index contributed by atoms with van der Waals surface area (Å²) in [5, 5.41) is -0.444. The van der Waals surface area contributed by atoms with Crippen LogP contribution in [0, 0.1) is 5.92 Å². The second kappa shape index (κ2) is 6.91. The summed E-state index contributed by atoms with van der Waals surface area (Å²) in [6.07, 6.45) is 3.30. The van der Waals surface area contributed by atoms with Crippen LogP contribution >= 0.6 is 11.6 Å². The maximum atomic E-state index is 12.2. The molecule has 0 amide bonds. The number of hydrogen-bond donors (Lipinski definition) is 0. The Morgan fingerprint density at radius 3 is 2.90 bits per heavy atom. The number of alkyl halides is 1. The molecule has 0 bridgehead atoms. The predicted octanol–water partition coefficient (Wildman–Crippen LogP) is 3.31. The van der Waals surface area contributed by atoms with Crippen LogP contribution in [0.3, 0.4) is 0 Å². The zero-order valence-corrected chi connectivity index (χ0v) is 12.5. The molecule has 0 aliphatic heterocycles. The van der Waals surface area contributed by atoms with E-state index < -0.39 is 5.38 Å². The topological polar surface area (TPSA) is 35.5 Å². The van der Waals surface area contributed by atoms with Gasteiger partial charge in [-0.25, -0.2) is 0 Å². The number of carbonyl (C=O) groups excluding carboxylic acids is 1. The molecule has 3 nitrogen and oxygen atoms in total. The molecule has 4 heteroatoms. The van der Waals surface area contributed by atoms with Crippen LogP contribution in [0.2, 0.25) is 0 Å². The molecule has 1 fully saturated rings. The lowest BCUT2D eigenvalue weighted by Gasteiger charge is -2.26. The molecule has 0 aromatic heterocycles. The number of allylic oxidation sites excluding steroid dienone is 1. The summed E-state index contributed by atoms with van der Waals surface area (Å²) in [7, 11) is 3.30. The largest absolute Gasteiger partial charge is 0.497 e. The van der Waals surface area contributed by atoms with E-state index in [1.165, 1.54) is 0 Å². The Morgan fingerprint density at radius 1 is 1.40 bits per heavy atom. The molecule has 0 heterocycles. The van der Waals surface area contributed by atoms with Crippen LogP contribution < -0.4 is 4.74 Å². The lowest BCUT2D eigenvalue weighted by Crippen LogP contribution is -2.29. The van der Waals surface area contributed by atoms with E-state index in [0.29, 0.717) is 25.4 Å². The number of ketones is 1. The van der Waals surface area contributed by atoms with Crippen molar-refractivity contribution in [2.45, 2.75) is 18.2 Å². The number of benzene rings is 1. The van der Waals surface area contributed by atoms with Gasteiger partial charge >= 0.3 is 0 Å². The molecule has 0 spiro atoms. The molecule has 2 atom stereocenters. The van der Waals surface area contributed by atoms with Crippen molar-refractivity contribution < 1.29 is 14.3 Å². The van der Waals surface area contributed by atoms with Crippen molar-refractivity contribution in [3.05, 3.63) is 35.4 Å². The first-order valence-corrected chi connectivity index (χ1v) is 7.09. The number of halogens is 1. The monoisotopic (exact) mass is 294 g/mol. The summed E-state index contributed by atoms with van der Waals surface area (Å²) in [6, 6.07) is 7.64. The Balaban J connectivity index is 2.23. The van der Waals surface area contributed by atoms with Gasteiger partial charge in [0.05, 0.1) is 12.5 Å². The van der Waals surface area contributed by atoms with Crippen LogP contribution in [0.25, 0.3) is 6.08 Å². The van der Waals surface area contributed by atoms with Crippen LogP contribution in [0.4, 0.5) is 0 Å². The van der Waals surface area contributed by atoms with Gasteiger partial charge in [0.25, 0.3) is 0 Å². The summed E-state index contributed by atoms with van der Waals surface area (Å²) in [6.45, 7) is 0.631. The maximum absolute atomic E-state index is 12.2. The van der Waals surface area contributed by atoms with Gasteiger partial charge in [0.1, 0.15) is 5.75 Å². The highest BCUT2D eigenvalue weighted by Gasteiger charge is 2.30. The van der Waals surface area contributed by atoms with E-state index in [0.717, 1.165) is 16.9 Å². The Labute approximate surface area is 124 Å². The van der Waals surface area contributed by atoms with Gasteiger partial charge in [0.2, 0.25) is 0 Å². The van der Waals surface area contributed by atoms with Gasteiger partial charge in [-0.15, -0.1) is 11.6 Å². The van der Waals surface area contributed by atoms with Crippen LogP contribution in [0.15, 0.2) is 29.8 Å². The highest BCUT2D eigenvalue weighted by atomic mass is 35.5. The molecule has 1 aromatic rings. The van der Waals surface area contributed by atoms with Crippen molar-refractivity contribution in [3.8, 4) is 5.75 Å². The number of carbonyl (C=O) groups is 1. The zero-order valence-electron chi connectivity index (χ0n) is 11.8. The normalized spacial score (nSPS) is 24.9. The lowest BCUT2D eigenvalue weighted by molar-refractivity contribution is -0.116. The van der Waals surface area contributed by atoms with E-state index in [9.17, 15) is 4.79 Å². The van der Waals surface area contributed by atoms with E-state index in [2.05, 4.69) is 0 Å². The van der Waals surface area contributed by atoms with Crippen LogP contribution in [0.1, 0.15) is 18.4 Å². The quantitative estimate of drug-likeness (QED) is 0.631. The highest BCUT2D eigenvalue weighted by molar-refractivity contribution is 6.34. The van der Waals surface area contributed by atoms with E-state index in [1.54, 1.807) is 14.2 Å². The molecular formula is C16H19ClO3. The first-order chi connectivity index (χ1) is 9.63. The summed E-state index contributed by atoms with van der Waals surface area (Å²) >= 11 is 6.15. The molecule has 108 valence electrons. The van der Waals surface area contributed by atoms with Gasteiger partial charge < -0.3 is 9.47 Å². The standard InChI is InChI=1S/C16H19ClO3/c1-19-10-12-7-13(16(18)15(17)9-12)6-11-4-3-5-14(8-11)20-2/h3-6,8,12,15H,7,9-10H2,1-2H3. The van der Waals surface area contributed by atoms with Gasteiger partial charge in [-0.3, -0.25) is 4.79 Å². The number of methoxy groups -OCH3 is 2. The van der Waals surface area contributed by atoms with Crippen LogP contribution in [-0.4, -0.2) is 32.0 Å². The molecule has 1 aliphatic rings. The van der Waals surface area contributed by atoms with Crippen molar-refractivity contribution in [3.63, 3.8) is 0 Å². The fourth-order valence-electron chi connectivity index (χ4n) is 2.52. The third-order valence-electron chi connectivity index (χ3n) is 3.49. The molecule has 0 saturated heterocycles. The van der Waals surface area contributed by atoms with Gasteiger partial charge in [-0.2, -0.15) is 0 Å². The van der Waals surface area contributed by atoms with Crippen LogP contribution in [-0.2, 0) is 9.53 Å². The number of rotatable bonds is 4. The second-order valence-electron chi connectivity index (χ2n) is 5.04. The number of Topliss-reactive ketones (excluding diaryl/α,β-unsaturated/α-hetero) is 1. The first-order valence-electron chi connectivity index (χ1n) is 6.66. The Kier molecular flexibility index (Phi) is 5.21. The van der Waals surface area contributed by atoms with E-state index >= 15 is 0 Å². The van der Waals surface area contributed by atoms with Crippen molar-refractivity contribution in [1.82, 2.24) is 0 Å². The minimum Gasteiger partial charge on any atom is -0.497 e. The van der Waals surface area contributed by atoms with Crippen LogP contribution in [0.5, 0.6) is 5.75 Å². The zero-order chi connectivity index (χ0) is 14.5. The Hall–Kier alpha value is -1.32. The first kappa shape index (κ1) is 15.1. The summed E-state index contributed by atoms with van der Waals surface area (Å²) in [5.74, 6) is 1.11. The smallest absolute Gasteiger partial charge is 0.176 e. The molecular weight excluding hydrogens is 276 g/mol. The fraction of sp³-hybridized carbons (Fsp3) is 0.438. The second-order valence-corrected chi connectivity index (χ2v) is 5.57. The summed E-state index contributed by atoms with van der Waals surface area (Å²) in [5.41, 5.74) is 1.72. The average Bonchev–Trinajstić information content (AvgIpc) is 2.45. The van der Waals surface area contributed by atoms with Crippen molar-refractivity contribution in [2.75, 3.05) is 20.8 Å². The number of hydrogen-bond acceptors (Lipinski definition) is 3. The van der Waals surface area contributed by atoms with Crippen molar-refractivity contribution in [2.24, 2.45) is 5.92 Å². The van der Waals surface area contributed by atoms with Gasteiger partial charge in [-0.05, 0) is 48.1 Å².